The summed E-state index contributed by atoms with van der Waals surface area (Å²) in [5.41, 5.74) is 1.65. The molecule has 2 fully saturated rings. The number of nitrogens with one attached hydrogen (secondary N) is 1. The number of hydrogen-bond donors (Lipinski definition) is 1. The predicted molar refractivity (Wildman–Crippen MR) is 106 cm³/mol. The molecule has 2 aromatic rings. The minimum atomic E-state index is -0.210. The molecule has 7 heteroatoms. The average Bonchev–Trinajstić information content (AvgIpc) is 3.57. The standard InChI is InChI=1S/C21H24N4O3/c1-28-19-8-3-2-7-18(19)24-11-13-25(14-12-24)21(27)17-6-4-5-16(23-17)20(26)22-15-9-10-15/h2-8,15H,9-14H2,1H3,(H,22,26). The van der Waals surface area contributed by atoms with Crippen LogP contribution in [0.5, 0.6) is 5.75 Å². The first-order valence-electron chi connectivity index (χ1n) is 9.61. The number of benzene rings is 1. The summed E-state index contributed by atoms with van der Waals surface area (Å²) in [5.74, 6) is 0.484. The van der Waals surface area contributed by atoms with E-state index in [0.29, 0.717) is 37.6 Å². The first-order valence-corrected chi connectivity index (χ1v) is 9.61. The lowest BCUT2D eigenvalue weighted by Gasteiger charge is -2.36. The van der Waals surface area contributed by atoms with Gasteiger partial charge in [-0.05, 0) is 37.1 Å². The second-order valence-corrected chi connectivity index (χ2v) is 7.11. The molecule has 1 saturated carbocycles. The summed E-state index contributed by atoms with van der Waals surface area (Å²) in [6.45, 7) is 2.62. The van der Waals surface area contributed by atoms with Gasteiger partial charge in [-0.2, -0.15) is 0 Å². The van der Waals surface area contributed by atoms with Crippen LogP contribution in [0.25, 0.3) is 0 Å². The summed E-state index contributed by atoms with van der Waals surface area (Å²) in [6.07, 6.45) is 2.03. The lowest BCUT2D eigenvalue weighted by molar-refractivity contribution is 0.0740. The Kier molecular flexibility index (Phi) is 5.14. The highest BCUT2D eigenvalue weighted by Crippen LogP contribution is 2.28. The number of piperazine rings is 1. The molecule has 4 rings (SSSR count). The molecule has 146 valence electrons. The van der Waals surface area contributed by atoms with Crippen molar-refractivity contribution in [2.45, 2.75) is 18.9 Å². The number of ether oxygens (including phenoxy) is 1. The van der Waals surface area contributed by atoms with Crippen LogP contribution in [0.15, 0.2) is 42.5 Å². The largest absolute Gasteiger partial charge is 0.495 e. The van der Waals surface area contributed by atoms with E-state index in [9.17, 15) is 9.59 Å². The van der Waals surface area contributed by atoms with E-state index in [0.717, 1.165) is 24.3 Å². The van der Waals surface area contributed by atoms with Gasteiger partial charge in [-0.25, -0.2) is 4.98 Å². The van der Waals surface area contributed by atoms with Crippen LogP contribution in [0.2, 0.25) is 0 Å². The third-order valence-electron chi connectivity index (χ3n) is 5.11. The minimum absolute atomic E-state index is 0.138. The van der Waals surface area contributed by atoms with Crippen LogP contribution in [0, 0.1) is 0 Å². The van der Waals surface area contributed by atoms with E-state index in [1.807, 2.05) is 24.3 Å². The van der Waals surface area contributed by atoms with Crippen molar-refractivity contribution in [1.82, 2.24) is 15.2 Å². The summed E-state index contributed by atoms with van der Waals surface area (Å²) in [6, 6.07) is 13.2. The molecule has 2 amide bonds. The van der Waals surface area contributed by atoms with Gasteiger partial charge in [0.2, 0.25) is 0 Å². The molecule has 1 N–H and O–H groups in total. The maximum Gasteiger partial charge on any atom is 0.272 e. The fourth-order valence-corrected chi connectivity index (χ4v) is 3.37. The van der Waals surface area contributed by atoms with Crippen molar-refractivity contribution in [3.8, 4) is 5.75 Å². The second-order valence-electron chi connectivity index (χ2n) is 7.11. The first kappa shape index (κ1) is 18.3. The fourth-order valence-electron chi connectivity index (χ4n) is 3.37. The second kappa shape index (κ2) is 7.88. The van der Waals surface area contributed by atoms with E-state index >= 15 is 0 Å². The maximum absolute atomic E-state index is 12.9. The van der Waals surface area contributed by atoms with Crippen LogP contribution in [-0.2, 0) is 0 Å². The van der Waals surface area contributed by atoms with Gasteiger partial charge in [0.25, 0.3) is 11.8 Å². The summed E-state index contributed by atoms with van der Waals surface area (Å²) in [4.78, 5) is 33.4. The quantitative estimate of drug-likeness (QED) is 0.858. The lowest BCUT2D eigenvalue weighted by atomic mass is 10.2. The summed E-state index contributed by atoms with van der Waals surface area (Å²) < 4.78 is 5.44. The molecule has 7 nitrogen and oxygen atoms in total. The molecule has 1 aromatic heterocycles. The molecule has 28 heavy (non-hydrogen) atoms. The highest BCUT2D eigenvalue weighted by Gasteiger charge is 2.27. The molecule has 0 unspecified atom stereocenters. The van der Waals surface area contributed by atoms with Gasteiger partial charge in [-0.15, -0.1) is 0 Å². The number of rotatable bonds is 5. The SMILES string of the molecule is COc1ccccc1N1CCN(C(=O)c2cccc(C(=O)NC3CC3)n2)CC1. The van der Waals surface area contributed by atoms with Crippen LogP contribution in [0.4, 0.5) is 5.69 Å². The summed E-state index contributed by atoms with van der Waals surface area (Å²) in [7, 11) is 1.66. The van der Waals surface area contributed by atoms with Gasteiger partial charge in [0.1, 0.15) is 17.1 Å². The molecule has 0 spiro atoms. The number of carbonyl (C=O) groups excluding carboxylic acids is 2. The van der Waals surface area contributed by atoms with Crippen LogP contribution >= 0.6 is 0 Å². The molecule has 0 radical (unpaired) electrons. The van der Waals surface area contributed by atoms with Crippen LogP contribution in [0.3, 0.4) is 0 Å². The van der Waals surface area contributed by atoms with Crippen LogP contribution < -0.4 is 15.0 Å². The predicted octanol–water partition coefficient (Wildman–Crippen LogP) is 1.94. The molecular weight excluding hydrogens is 356 g/mol. The number of aromatic nitrogens is 1. The molecule has 0 atom stereocenters. The van der Waals surface area contributed by atoms with Gasteiger partial charge in [0.15, 0.2) is 0 Å². The van der Waals surface area contributed by atoms with E-state index < -0.39 is 0 Å². The van der Waals surface area contributed by atoms with Crippen molar-refractivity contribution in [1.29, 1.82) is 0 Å². The number of anilines is 1. The highest BCUT2D eigenvalue weighted by molar-refractivity contribution is 5.96. The molecule has 1 aliphatic heterocycles. The minimum Gasteiger partial charge on any atom is -0.495 e. The van der Waals surface area contributed by atoms with E-state index in [1.54, 1.807) is 30.2 Å². The maximum atomic E-state index is 12.9. The van der Waals surface area contributed by atoms with Crippen molar-refractivity contribution in [2.75, 3.05) is 38.2 Å². The van der Waals surface area contributed by atoms with Crippen molar-refractivity contribution in [2.24, 2.45) is 0 Å². The molecule has 2 heterocycles. The topological polar surface area (TPSA) is 74.8 Å². The summed E-state index contributed by atoms with van der Waals surface area (Å²) >= 11 is 0. The number of amides is 2. The van der Waals surface area contributed by atoms with Gasteiger partial charge >= 0.3 is 0 Å². The zero-order chi connectivity index (χ0) is 19.5. The zero-order valence-corrected chi connectivity index (χ0v) is 15.9. The van der Waals surface area contributed by atoms with Crippen molar-refractivity contribution >= 4 is 17.5 Å². The van der Waals surface area contributed by atoms with Gasteiger partial charge in [0.05, 0.1) is 12.8 Å². The first-order chi connectivity index (χ1) is 13.7. The number of nitrogens with zero attached hydrogens (tertiary/aromatic N) is 3. The average molecular weight is 380 g/mol. The molecular formula is C21H24N4O3. The van der Waals surface area contributed by atoms with E-state index in [1.165, 1.54) is 0 Å². The van der Waals surface area contributed by atoms with Crippen LogP contribution in [0.1, 0.15) is 33.8 Å². The number of methoxy groups -OCH3 is 1. The zero-order valence-electron chi connectivity index (χ0n) is 15.9. The number of para-hydroxylation sites is 2. The lowest BCUT2D eigenvalue weighted by Crippen LogP contribution is -2.49. The van der Waals surface area contributed by atoms with Crippen molar-refractivity contribution in [3.05, 3.63) is 53.9 Å². The molecule has 2 aliphatic rings. The monoisotopic (exact) mass is 380 g/mol. The van der Waals surface area contributed by atoms with Gasteiger partial charge < -0.3 is 19.9 Å². The Hall–Kier alpha value is -3.09. The molecule has 1 aromatic carbocycles. The molecule has 0 bridgehead atoms. The van der Waals surface area contributed by atoms with E-state index in [2.05, 4.69) is 15.2 Å². The normalized spacial score (nSPS) is 16.6. The Balaban J connectivity index is 1.40. The van der Waals surface area contributed by atoms with Crippen molar-refractivity contribution < 1.29 is 14.3 Å². The summed E-state index contributed by atoms with van der Waals surface area (Å²) in [5, 5.41) is 2.91. The Morgan fingerprint density at radius 3 is 2.43 bits per heavy atom. The van der Waals surface area contributed by atoms with Gasteiger partial charge in [-0.1, -0.05) is 18.2 Å². The Morgan fingerprint density at radius 2 is 1.71 bits per heavy atom. The van der Waals surface area contributed by atoms with Crippen molar-refractivity contribution in [3.63, 3.8) is 0 Å². The van der Waals surface area contributed by atoms with E-state index in [4.69, 9.17) is 4.74 Å². The van der Waals surface area contributed by atoms with E-state index in [-0.39, 0.29) is 17.9 Å². The fraction of sp³-hybridized carbons (Fsp3) is 0.381. The number of pyridine rings is 1. The smallest absolute Gasteiger partial charge is 0.272 e. The Labute approximate surface area is 164 Å². The number of hydrogen-bond acceptors (Lipinski definition) is 5. The number of carbonyl (C=O) groups is 2. The third kappa shape index (κ3) is 3.93. The van der Waals surface area contributed by atoms with Crippen LogP contribution in [-0.4, -0.2) is 61.0 Å². The van der Waals surface area contributed by atoms with Gasteiger partial charge in [-0.3, -0.25) is 9.59 Å². The highest BCUT2D eigenvalue weighted by atomic mass is 16.5. The molecule has 1 aliphatic carbocycles. The third-order valence-corrected chi connectivity index (χ3v) is 5.11. The Morgan fingerprint density at radius 1 is 1.00 bits per heavy atom. The van der Waals surface area contributed by atoms with Gasteiger partial charge in [0, 0.05) is 32.2 Å². The molecule has 1 saturated heterocycles. The Bertz CT molecular complexity index is 873.